The third kappa shape index (κ3) is 3.63. The van der Waals surface area contributed by atoms with Crippen LogP contribution >= 0.6 is 0 Å². The first-order valence-electron chi connectivity index (χ1n) is 4.43. The number of aromatic nitrogens is 1. The van der Waals surface area contributed by atoms with Gasteiger partial charge in [-0.15, -0.1) is 0 Å². The second-order valence-electron chi connectivity index (χ2n) is 3.39. The van der Waals surface area contributed by atoms with Crippen LogP contribution in [0.5, 0.6) is 0 Å². The predicted octanol–water partition coefficient (Wildman–Crippen LogP) is -0.187. The molecule has 0 aliphatic heterocycles. The summed E-state index contributed by atoms with van der Waals surface area (Å²) in [6, 6.07) is 1.54. The average Bonchev–Trinajstić information content (AvgIpc) is 2.49. The molecule has 0 saturated carbocycles. The number of likely N-dealkylation sites (N-methyl/N-ethyl adjacent to an activating group) is 1. The highest BCUT2D eigenvalue weighted by Crippen LogP contribution is 2.06. The maximum atomic E-state index is 11.4. The van der Waals surface area contributed by atoms with Gasteiger partial charge in [0.15, 0.2) is 5.82 Å². The van der Waals surface area contributed by atoms with Crippen molar-refractivity contribution < 1.29 is 17.7 Å². The monoisotopic (exact) mass is 247 g/mol. The topological polar surface area (TPSA) is 92.5 Å². The summed E-state index contributed by atoms with van der Waals surface area (Å²) in [4.78, 5) is 11.4. The van der Waals surface area contributed by atoms with Crippen molar-refractivity contribution in [3.63, 3.8) is 0 Å². The Morgan fingerprint density at radius 3 is 2.69 bits per heavy atom. The van der Waals surface area contributed by atoms with Crippen LogP contribution in [0.2, 0.25) is 0 Å². The minimum atomic E-state index is -3.36. The van der Waals surface area contributed by atoms with Crippen LogP contribution in [0.3, 0.4) is 0 Å². The molecule has 0 atom stereocenters. The van der Waals surface area contributed by atoms with Gasteiger partial charge in [0.1, 0.15) is 5.76 Å². The molecule has 0 aliphatic rings. The molecule has 1 rings (SSSR count). The molecule has 0 aromatic carbocycles. The summed E-state index contributed by atoms with van der Waals surface area (Å²) in [5.74, 6) is 0.359. The number of carbonyl (C=O) groups is 1. The van der Waals surface area contributed by atoms with Crippen LogP contribution in [0, 0.1) is 6.92 Å². The van der Waals surface area contributed by atoms with Crippen molar-refractivity contribution in [3.8, 4) is 0 Å². The summed E-state index contributed by atoms with van der Waals surface area (Å²) in [6.07, 6.45) is 1.03. The first-order chi connectivity index (χ1) is 7.29. The van der Waals surface area contributed by atoms with E-state index < -0.39 is 15.9 Å². The van der Waals surface area contributed by atoms with Crippen molar-refractivity contribution in [3.05, 3.63) is 11.8 Å². The number of aryl methyl sites for hydroxylation is 1. The van der Waals surface area contributed by atoms with Gasteiger partial charge < -0.3 is 9.84 Å². The minimum absolute atomic E-state index is 0.259. The lowest BCUT2D eigenvalue weighted by Crippen LogP contribution is -2.34. The van der Waals surface area contributed by atoms with E-state index in [-0.39, 0.29) is 12.4 Å². The molecule has 7 nitrogen and oxygen atoms in total. The molecule has 0 radical (unpaired) electrons. The molecular formula is C8H13N3O4S. The van der Waals surface area contributed by atoms with Gasteiger partial charge in [-0.05, 0) is 6.92 Å². The first kappa shape index (κ1) is 12.7. The molecule has 0 bridgehead atoms. The van der Waals surface area contributed by atoms with E-state index in [1.54, 1.807) is 13.0 Å². The molecule has 16 heavy (non-hydrogen) atoms. The maximum absolute atomic E-state index is 11.4. The van der Waals surface area contributed by atoms with Crippen LogP contribution in [0.15, 0.2) is 10.6 Å². The Morgan fingerprint density at radius 2 is 2.25 bits per heavy atom. The lowest BCUT2D eigenvalue weighted by atomic mass is 10.5. The Morgan fingerprint density at radius 1 is 1.62 bits per heavy atom. The fourth-order valence-electron chi connectivity index (χ4n) is 0.927. The average molecular weight is 247 g/mol. The highest BCUT2D eigenvalue weighted by Gasteiger charge is 2.15. The van der Waals surface area contributed by atoms with Gasteiger partial charge in [-0.2, -0.15) is 4.31 Å². The number of nitrogens with zero attached hydrogens (tertiary/aromatic N) is 2. The van der Waals surface area contributed by atoms with E-state index in [1.165, 1.54) is 7.05 Å². The maximum Gasteiger partial charge on any atom is 0.240 e. The van der Waals surface area contributed by atoms with Gasteiger partial charge in [0.25, 0.3) is 0 Å². The Balaban J connectivity index is 2.55. The van der Waals surface area contributed by atoms with Crippen LogP contribution in [-0.2, 0) is 14.8 Å². The molecule has 0 unspecified atom stereocenters. The van der Waals surface area contributed by atoms with Gasteiger partial charge in [-0.25, -0.2) is 8.42 Å². The van der Waals surface area contributed by atoms with Gasteiger partial charge in [-0.3, -0.25) is 4.79 Å². The van der Waals surface area contributed by atoms with Gasteiger partial charge in [-0.1, -0.05) is 5.16 Å². The van der Waals surface area contributed by atoms with Crippen molar-refractivity contribution >= 4 is 21.7 Å². The fourth-order valence-corrected chi connectivity index (χ4v) is 1.28. The smallest absolute Gasteiger partial charge is 0.240 e. The van der Waals surface area contributed by atoms with E-state index in [0.29, 0.717) is 5.76 Å². The molecule has 0 saturated heterocycles. The van der Waals surface area contributed by atoms with Crippen LogP contribution in [0.1, 0.15) is 5.76 Å². The summed E-state index contributed by atoms with van der Waals surface area (Å²) >= 11 is 0. The van der Waals surface area contributed by atoms with Gasteiger partial charge in [0.2, 0.25) is 15.9 Å². The number of amides is 1. The highest BCUT2D eigenvalue weighted by atomic mass is 32.2. The largest absolute Gasteiger partial charge is 0.360 e. The van der Waals surface area contributed by atoms with E-state index in [1.807, 2.05) is 0 Å². The van der Waals surface area contributed by atoms with Gasteiger partial charge >= 0.3 is 0 Å². The van der Waals surface area contributed by atoms with Crippen LogP contribution < -0.4 is 5.32 Å². The molecule has 90 valence electrons. The zero-order valence-electron chi connectivity index (χ0n) is 9.22. The molecule has 1 aromatic rings. The van der Waals surface area contributed by atoms with Crippen molar-refractivity contribution in [2.24, 2.45) is 0 Å². The molecule has 8 heteroatoms. The normalized spacial score (nSPS) is 11.8. The number of hydrogen-bond donors (Lipinski definition) is 1. The van der Waals surface area contributed by atoms with E-state index in [9.17, 15) is 13.2 Å². The first-order valence-corrected chi connectivity index (χ1v) is 6.28. The molecule has 0 aliphatic carbocycles. The number of sulfonamides is 1. The summed E-state index contributed by atoms with van der Waals surface area (Å²) in [6.45, 7) is 1.43. The molecular weight excluding hydrogens is 234 g/mol. The predicted molar refractivity (Wildman–Crippen MR) is 57.3 cm³/mol. The fraction of sp³-hybridized carbons (Fsp3) is 0.500. The van der Waals surface area contributed by atoms with Crippen LogP contribution in [0.25, 0.3) is 0 Å². The van der Waals surface area contributed by atoms with Crippen molar-refractivity contribution in [2.45, 2.75) is 6.92 Å². The molecule has 1 amide bonds. The molecule has 1 heterocycles. The highest BCUT2D eigenvalue weighted by molar-refractivity contribution is 7.88. The number of carbonyl (C=O) groups excluding carboxylic acids is 1. The van der Waals surface area contributed by atoms with Crippen molar-refractivity contribution in [2.75, 3.05) is 25.2 Å². The zero-order chi connectivity index (χ0) is 12.3. The summed E-state index contributed by atoms with van der Waals surface area (Å²) in [7, 11) is -2.03. The summed E-state index contributed by atoms with van der Waals surface area (Å²) in [5.41, 5.74) is 0. The molecule has 1 N–H and O–H groups in total. The van der Waals surface area contributed by atoms with Crippen LogP contribution in [-0.4, -0.2) is 43.6 Å². The Labute approximate surface area is 93.5 Å². The Kier molecular flexibility index (Phi) is 3.66. The lowest BCUT2D eigenvalue weighted by Gasteiger charge is -2.12. The summed E-state index contributed by atoms with van der Waals surface area (Å²) in [5, 5.41) is 5.97. The molecule has 0 fully saturated rings. The summed E-state index contributed by atoms with van der Waals surface area (Å²) < 4.78 is 27.8. The van der Waals surface area contributed by atoms with E-state index in [0.717, 1.165) is 10.6 Å². The van der Waals surface area contributed by atoms with E-state index in [2.05, 4.69) is 10.5 Å². The van der Waals surface area contributed by atoms with E-state index in [4.69, 9.17) is 4.52 Å². The Hall–Kier alpha value is -1.41. The quantitative estimate of drug-likeness (QED) is 0.796. The lowest BCUT2D eigenvalue weighted by molar-refractivity contribution is -0.116. The second-order valence-corrected chi connectivity index (χ2v) is 5.48. The third-order valence-electron chi connectivity index (χ3n) is 1.83. The van der Waals surface area contributed by atoms with Crippen molar-refractivity contribution in [1.29, 1.82) is 0 Å². The van der Waals surface area contributed by atoms with Gasteiger partial charge in [0.05, 0.1) is 12.8 Å². The zero-order valence-corrected chi connectivity index (χ0v) is 10.0. The number of rotatable bonds is 4. The molecule has 0 spiro atoms. The third-order valence-corrected chi connectivity index (χ3v) is 3.09. The number of hydrogen-bond acceptors (Lipinski definition) is 5. The minimum Gasteiger partial charge on any atom is -0.360 e. The van der Waals surface area contributed by atoms with Crippen LogP contribution in [0.4, 0.5) is 5.82 Å². The van der Waals surface area contributed by atoms with Gasteiger partial charge in [0, 0.05) is 13.1 Å². The van der Waals surface area contributed by atoms with Crippen molar-refractivity contribution in [1.82, 2.24) is 9.46 Å². The molecule has 1 aromatic heterocycles. The standard InChI is InChI=1S/C8H13N3O4S/c1-6-4-7(10-15-6)9-8(12)5-11(2)16(3,13)14/h4H,5H2,1-3H3,(H,9,10,12). The van der Waals surface area contributed by atoms with E-state index >= 15 is 0 Å². The number of anilines is 1. The number of nitrogens with one attached hydrogen (secondary N) is 1. The second kappa shape index (κ2) is 4.62. The Bertz CT molecular complexity index is 479. The SMILES string of the molecule is Cc1cc(NC(=O)CN(C)S(C)(=O)=O)no1.